The van der Waals surface area contributed by atoms with Crippen molar-refractivity contribution in [3.63, 3.8) is 0 Å². The van der Waals surface area contributed by atoms with Crippen molar-refractivity contribution >= 4 is 22.3 Å². The maximum atomic E-state index is 6.18. The number of benzene rings is 3. The van der Waals surface area contributed by atoms with Gasteiger partial charge < -0.3 is 15.8 Å². The Labute approximate surface area is 165 Å². The number of ether oxygens (including phenoxy) is 1. The molecule has 0 amide bonds. The fourth-order valence-electron chi connectivity index (χ4n) is 3.19. The summed E-state index contributed by atoms with van der Waals surface area (Å²) in [6.45, 7) is 1.34. The quantitative estimate of drug-likeness (QED) is 0.478. The number of nitrogens with one attached hydrogen (secondary N) is 1. The Hall–Kier alpha value is -3.53. The van der Waals surface area contributed by atoms with Crippen molar-refractivity contribution in [3.05, 3.63) is 96.2 Å². The van der Waals surface area contributed by atoms with Crippen LogP contribution in [0.25, 0.3) is 10.9 Å². The molecule has 140 valence electrons. The smallest absolute Gasteiger partial charge is 0.122 e. The van der Waals surface area contributed by atoms with Gasteiger partial charge in [-0.2, -0.15) is 0 Å². The van der Waals surface area contributed by atoms with Gasteiger partial charge in [-0.1, -0.05) is 60.7 Å². The van der Waals surface area contributed by atoms with E-state index in [4.69, 9.17) is 10.5 Å². The number of nitrogens with two attached hydrogens (primary N) is 1. The summed E-state index contributed by atoms with van der Waals surface area (Å²) in [5.41, 5.74) is 11.1. The second kappa shape index (κ2) is 8.44. The lowest BCUT2D eigenvalue weighted by Gasteiger charge is -2.13. The first-order chi connectivity index (χ1) is 13.8. The van der Waals surface area contributed by atoms with Gasteiger partial charge in [0, 0.05) is 18.0 Å². The Morgan fingerprint density at radius 3 is 2.32 bits per heavy atom. The number of pyridine rings is 1. The summed E-state index contributed by atoms with van der Waals surface area (Å²) in [4.78, 5) is 4.48. The minimum atomic E-state index is 0.531. The number of rotatable bonds is 7. The average molecular weight is 369 g/mol. The molecule has 1 heterocycles. The summed E-state index contributed by atoms with van der Waals surface area (Å²) < 4.78 is 5.92. The van der Waals surface area contributed by atoms with Gasteiger partial charge in [-0.15, -0.1) is 0 Å². The summed E-state index contributed by atoms with van der Waals surface area (Å²) in [6, 6.07) is 26.5. The number of hydrogen-bond donors (Lipinski definition) is 2. The molecule has 28 heavy (non-hydrogen) atoms. The fourth-order valence-corrected chi connectivity index (χ4v) is 3.19. The van der Waals surface area contributed by atoms with Crippen molar-refractivity contribution in [1.29, 1.82) is 0 Å². The molecule has 4 aromatic rings. The highest BCUT2D eigenvalue weighted by atomic mass is 16.5. The predicted molar refractivity (Wildman–Crippen MR) is 116 cm³/mol. The van der Waals surface area contributed by atoms with Crippen molar-refractivity contribution in [2.45, 2.75) is 13.0 Å². The van der Waals surface area contributed by atoms with Gasteiger partial charge in [0.2, 0.25) is 0 Å². The molecule has 0 radical (unpaired) electrons. The van der Waals surface area contributed by atoms with Gasteiger partial charge >= 0.3 is 0 Å². The molecular formula is C24H23N3O. The summed E-state index contributed by atoms with van der Waals surface area (Å²) in [7, 11) is 0. The van der Waals surface area contributed by atoms with E-state index in [9.17, 15) is 0 Å². The Kier molecular flexibility index (Phi) is 5.38. The second-order valence-electron chi connectivity index (χ2n) is 6.70. The molecule has 4 rings (SSSR count). The Bertz CT molecular complexity index is 1050. The maximum Gasteiger partial charge on any atom is 0.122 e. The first-order valence-electron chi connectivity index (χ1n) is 9.42. The topological polar surface area (TPSA) is 60.2 Å². The zero-order valence-electron chi connectivity index (χ0n) is 15.6. The third kappa shape index (κ3) is 4.23. The Balaban J connectivity index is 1.48. The van der Waals surface area contributed by atoms with E-state index in [-0.39, 0.29) is 0 Å². The molecular weight excluding hydrogens is 346 g/mol. The minimum absolute atomic E-state index is 0.531. The maximum absolute atomic E-state index is 6.18. The summed E-state index contributed by atoms with van der Waals surface area (Å²) in [5.74, 6) is 0.795. The molecule has 3 N–H and O–H groups in total. The highest BCUT2D eigenvalue weighted by Crippen LogP contribution is 2.30. The number of fused-ring (bicyclic) bond motifs is 1. The molecule has 0 spiro atoms. The fraction of sp³-hybridized carbons (Fsp3) is 0.125. The molecule has 0 saturated heterocycles. The first-order valence-corrected chi connectivity index (χ1v) is 9.42. The van der Waals surface area contributed by atoms with Gasteiger partial charge in [0.25, 0.3) is 0 Å². The van der Waals surface area contributed by atoms with Crippen LogP contribution in [-0.4, -0.2) is 11.5 Å². The molecule has 0 bridgehead atoms. The molecule has 1 aromatic heterocycles. The lowest BCUT2D eigenvalue weighted by molar-refractivity contribution is 0.306. The number of nitrogen functional groups attached to an aromatic ring is 1. The van der Waals surface area contributed by atoms with Crippen molar-refractivity contribution in [3.8, 4) is 5.75 Å². The Morgan fingerprint density at radius 1 is 0.857 bits per heavy atom. The number of nitrogens with zero attached hydrogens (tertiary/aromatic N) is 1. The third-order valence-electron chi connectivity index (χ3n) is 4.68. The van der Waals surface area contributed by atoms with E-state index < -0.39 is 0 Å². The van der Waals surface area contributed by atoms with Gasteiger partial charge in [-0.3, -0.25) is 4.98 Å². The van der Waals surface area contributed by atoms with Crippen LogP contribution in [0.4, 0.5) is 11.4 Å². The van der Waals surface area contributed by atoms with Crippen molar-refractivity contribution in [1.82, 2.24) is 4.98 Å². The van der Waals surface area contributed by atoms with E-state index in [0.717, 1.165) is 40.9 Å². The lowest BCUT2D eigenvalue weighted by atomic mass is 10.1. The molecule has 4 nitrogen and oxygen atoms in total. The van der Waals surface area contributed by atoms with E-state index >= 15 is 0 Å². The third-order valence-corrected chi connectivity index (χ3v) is 4.68. The van der Waals surface area contributed by atoms with Crippen LogP contribution >= 0.6 is 0 Å². The largest absolute Gasteiger partial charge is 0.489 e. The molecule has 0 aliphatic heterocycles. The van der Waals surface area contributed by atoms with Crippen molar-refractivity contribution in [2.75, 3.05) is 17.6 Å². The summed E-state index contributed by atoms with van der Waals surface area (Å²) >= 11 is 0. The first kappa shape index (κ1) is 17.9. The van der Waals surface area contributed by atoms with Crippen LogP contribution in [0, 0.1) is 0 Å². The molecule has 0 saturated carbocycles. The van der Waals surface area contributed by atoms with Crippen LogP contribution in [0.3, 0.4) is 0 Å². The Morgan fingerprint density at radius 2 is 1.57 bits per heavy atom. The van der Waals surface area contributed by atoms with Gasteiger partial charge in [0.15, 0.2) is 0 Å². The highest BCUT2D eigenvalue weighted by Gasteiger charge is 2.08. The monoisotopic (exact) mass is 369 g/mol. The van der Waals surface area contributed by atoms with E-state index in [1.165, 1.54) is 5.56 Å². The normalized spacial score (nSPS) is 10.7. The van der Waals surface area contributed by atoms with Gasteiger partial charge in [0.05, 0.1) is 23.1 Å². The summed E-state index contributed by atoms with van der Waals surface area (Å²) in [6.07, 6.45) is 2.64. The van der Waals surface area contributed by atoms with Crippen molar-refractivity contribution in [2.24, 2.45) is 0 Å². The zero-order chi connectivity index (χ0) is 19.2. The lowest BCUT2D eigenvalue weighted by Crippen LogP contribution is -2.08. The zero-order valence-corrected chi connectivity index (χ0v) is 15.6. The number of hydrogen-bond acceptors (Lipinski definition) is 4. The van der Waals surface area contributed by atoms with Gasteiger partial charge in [-0.05, 0) is 29.7 Å². The second-order valence-corrected chi connectivity index (χ2v) is 6.70. The highest BCUT2D eigenvalue weighted by molar-refractivity contribution is 5.97. The number of aromatic nitrogens is 1. The summed E-state index contributed by atoms with van der Waals surface area (Å²) in [5, 5.41) is 4.48. The van der Waals surface area contributed by atoms with E-state index in [2.05, 4.69) is 46.7 Å². The molecule has 0 unspecified atom stereocenters. The molecule has 3 aromatic carbocycles. The molecule has 0 aliphatic rings. The van der Waals surface area contributed by atoms with Crippen LogP contribution in [-0.2, 0) is 13.0 Å². The molecule has 4 heteroatoms. The molecule has 0 fully saturated rings. The van der Waals surface area contributed by atoms with E-state index in [1.54, 1.807) is 6.20 Å². The van der Waals surface area contributed by atoms with E-state index in [0.29, 0.717) is 12.3 Å². The predicted octanol–water partition coefficient (Wildman–Crippen LogP) is 5.05. The van der Waals surface area contributed by atoms with Crippen LogP contribution in [0.15, 0.2) is 85.1 Å². The SMILES string of the molecule is Nc1cnc2cc(OCc3ccccc3)ccc2c1NCCc1ccccc1. The number of anilines is 2. The average Bonchev–Trinajstić information content (AvgIpc) is 2.75. The molecule has 0 atom stereocenters. The van der Waals surface area contributed by atoms with Crippen LogP contribution < -0.4 is 15.8 Å². The standard InChI is InChI=1S/C24H23N3O/c25-22-16-27-23-15-20(28-17-19-9-5-2-6-10-19)11-12-21(23)24(22)26-14-13-18-7-3-1-4-8-18/h1-12,15-16H,13-14,17,25H2,(H,26,27). The van der Waals surface area contributed by atoms with Crippen molar-refractivity contribution < 1.29 is 4.74 Å². The van der Waals surface area contributed by atoms with Crippen LogP contribution in [0.2, 0.25) is 0 Å². The van der Waals surface area contributed by atoms with Gasteiger partial charge in [-0.25, -0.2) is 0 Å². The van der Waals surface area contributed by atoms with Crippen LogP contribution in [0.5, 0.6) is 5.75 Å². The minimum Gasteiger partial charge on any atom is -0.489 e. The van der Waals surface area contributed by atoms with Crippen LogP contribution in [0.1, 0.15) is 11.1 Å². The van der Waals surface area contributed by atoms with E-state index in [1.807, 2.05) is 42.5 Å². The molecule has 0 aliphatic carbocycles. The van der Waals surface area contributed by atoms with Gasteiger partial charge in [0.1, 0.15) is 12.4 Å².